The van der Waals surface area contributed by atoms with Crippen molar-refractivity contribution in [2.24, 2.45) is 11.7 Å². The molecule has 0 saturated heterocycles. The third kappa shape index (κ3) is 4.91. The smallest absolute Gasteiger partial charge is 0.119 e. The predicted molar refractivity (Wildman–Crippen MR) is 70.1 cm³/mol. The van der Waals surface area contributed by atoms with Gasteiger partial charge in [0.25, 0.3) is 0 Å². The zero-order valence-corrected chi connectivity index (χ0v) is 11.5. The average molecular weight is 255 g/mol. The van der Waals surface area contributed by atoms with Gasteiger partial charge in [-0.25, -0.2) is 0 Å². The highest BCUT2D eigenvalue weighted by Gasteiger charge is 2.43. The highest BCUT2D eigenvalue weighted by molar-refractivity contribution is 5.14. The quantitative estimate of drug-likeness (QED) is 0.579. The van der Waals surface area contributed by atoms with Gasteiger partial charge >= 0.3 is 0 Å². The van der Waals surface area contributed by atoms with Crippen LogP contribution in [-0.2, 0) is 9.47 Å². The summed E-state index contributed by atoms with van der Waals surface area (Å²) in [5.41, 5.74) is 5.51. The van der Waals surface area contributed by atoms with Crippen LogP contribution in [0.15, 0.2) is 0 Å². The Morgan fingerprint density at radius 2 is 1.94 bits per heavy atom. The molecule has 1 aliphatic rings. The first kappa shape index (κ1) is 15.4. The van der Waals surface area contributed by atoms with Gasteiger partial charge in [-0.3, -0.25) is 4.90 Å². The van der Waals surface area contributed by atoms with Crippen molar-refractivity contribution >= 4 is 0 Å². The van der Waals surface area contributed by atoms with Crippen molar-refractivity contribution in [1.29, 1.82) is 5.26 Å². The Morgan fingerprint density at radius 1 is 1.28 bits per heavy atom. The third-order valence-corrected chi connectivity index (χ3v) is 3.43. The summed E-state index contributed by atoms with van der Waals surface area (Å²) in [5, 5.41) is 9.28. The van der Waals surface area contributed by atoms with Crippen LogP contribution in [0.25, 0.3) is 0 Å². The zero-order valence-electron chi connectivity index (χ0n) is 11.5. The molecule has 0 bridgehead atoms. The van der Waals surface area contributed by atoms with Crippen molar-refractivity contribution in [2.75, 3.05) is 47.1 Å². The molecule has 0 spiro atoms. The lowest BCUT2D eigenvalue weighted by atomic mass is 9.95. The van der Waals surface area contributed by atoms with E-state index in [1.165, 1.54) is 0 Å². The van der Waals surface area contributed by atoms with Gasteiger partial charge in [-0.15, -0.1) is 0 Å². The molecule has 1 rings (SSSR count). The average Bonchev–Trinajstić information content (AvgIpc) is 3.20. The molecule has 0 amide bonds. The summed E-state index contributed by atoms with van der Waals surface area (Å²) in [6, 6.07) is 2.30. The highest BCUT2D eigenvalue weighted by Crippen LogP contribution is 2.38. The SMILES string of the molecule is COCCCN(CCOC)CC(N)(C#N)C1CC1. The predicted octanol–water partition coefficient (Wildman–Crippen LogP) is 0.602. The minimum absolute atomic E-state index is 0.370. The van der Waals surface area contributed by atoms with Crippen LogP contribution in [0, 0.1) is 17.2 Å². The summed E-state index contributed by atoms with van der Waals surface area (Å²) in [7, 11) is 3.39. The van der Waals surface area contributed by atoms with Crippen molar-refractivity contribution < 1.29 is 9.47 Å². The lowest BCUT2D eigenvalue weighted by Gasteiger charge is -2.30. The molecule has 0 heterocycles. The molecule has 1 aliphatic carbocycles. The standard InChI is InChI=1S/C13H25N3O2/c1-17-8-3-6-16(7-9-18-2)11-13(15,10-14)12-4-5-12/h12H,3-9,11,15H2,1-2H3. The van der Waals surface area contributed by atoms with Crippen molar-refractivity contribution in [3.63, 3.8) is 0 Å². The maximum atomic E-state index is 9.28. The first-order valence-electron chi connectivity index (χ1n) is 6.56. The molecule has 1 unspecified atom stereocenters. The molecule has 2 N–H and O–H groups in total. The molecular weight excluding hydrogens is 230 g/mol. The molecule has 0 aromatic rings. The van der Waals surface area contributed by atoms with Crippen LogP contribution in [0.2, 0.25) is 0 Å². The van der Waals surface area contributed by atoms with Gasteiger partial charge in [0, 0.05) is 40.5 Å². The van der Waals surface area contributed by atoms with Crippen LogP contribution in [0.5, 0.6) is 0 Å². The van der Waals surface area contributed by atoms with E-state index in [0.717, 1.165) is 39.0 Å². The normalized spacial score (nSPS) is 18.6. The fourth-order valence-electron chi connectivity index (χ4n) is 2.15. The number of ether oxygens (including phenoxy) is 2. The van der Waals surface area contributed by atoms with E-state index in [1.807, 2.05) is 0 Å². The molecule has 0 aromatic heterocycles. The minimum atomic E-state index is -0.694. The summed E-state index contributed by atoms with van der Waals surface area (Å²) in [6.45, 7) is 3.73. The van der Waals surface area contributed by atoms with E-state index >= 15 is 0 Å². The first-order chi connectivity index (χ1) is 8.66. The van der Waals surface area contributed by atoms with Gasteiger partial charge in [0.05, 0.1) is 12.7 Å². The van der Waals surface area contributed by atoms with E-state index in [-0.39, 0.29) is 0 Å². The van der Waals surface area contributed by atoms with Crippen LogP contribution in [0.3, 0.4) is 0 Å². The Bertz CT molecular complexity index is 276. The van der Waals surface area contributed by atoms with Crippen molar-refractivity contribution in [2.45, 2.75) is 24.8 Å². The fourth-order valence-corrected chi connectivity index (χ4v) is 2.15. The van der Waals surface area contributed by atoms with Gasteiger partial charge in [-0.05, 0) is 25.2 Å². The molecular formula is C13H25N3O2. The Kier molecular flexibility index (Phi) is 6.58. The third-order valence-electron chi connectivity index (χ3n) is 3.43. The zero-order chi connectivity index (χ0) is 13.4. The highest BCUT2D eigenvalue weighted by atomic mass is 16.5. The number of rotatable bonds is 10. The van der Waals surface area contributed by atoms with E-state index in [4.69, 9.17) is 15.2 Å². The van der Waals surface area contributed by atoms with Gasteiger partial charge in [-0.1, -0.05) is 0 Å². The Balaban J connectivity index is 2.45. The molecule has 5 heteroatoms. The van der Waals surface area contributed by atoms with E-state index in [0.29, 0.717) is 19.1 Å². The summed E-state index contributed by atoms with van der Waals surface area (Å²) >= 11 is 0. The van der Waals surface area contributed by atoms with Crippen molar-refractivity contribution in [3.8, 4) is 6.07 Å². The van der Waals surface area contributed by atoms with Gasteiger partial charge in [0.2, 0.25) is 0 Å². The fraction of sp³-hybridized carbons (Fsp3) is 0.923. The first-order valence-corrected chi connectivity index (χ1v) is 6.56. The number of hydrogen-bond donors (Lipinski definition) is 1. The largest absolute Gasteiger partial charge is 0.385 e. The van der Waals surface area contributed by atoms with Crippen LogP contribution >= 0.6 is 0 Å². The van der Waals surface area contributed by atoms with Gasteiger partial charge in [0.15, 0.2) is 0 Å². The van der Waals surface area contributed by atoms with Gasteiger partial charge < -0.3 is 15.2 Å². The molecule has 1 fully saturated rings. The Labute approximate surface area is 110 Å². The lowest BCUT2D eigenvalue weighted by molar-refractivity contribution is 0.121. The van der Waals surface area contributed by atoms with Crippen LogP contribution in [0.4, 0.5) is 0 Å². The molecule has 5 nitrogen and oxygen atoms in total. The molecule has 1 atom stereocenters. The number of hydrogen-bond acceptors (Lipinski definition) is 5. The monoisotopic (exact) mass is 255 g/mol. The molecule has 0 aromatic carbocycles. The molecule has 18 heavy (non-hydrogen) atoms. The van der Waals surface area contributed by atoms with Crippen LogP contribution in [0.1, 0.15) is 19.3 Å². The summed E-state index contributed by atoms with van der Waals surface area (Å²) in [4.78, 5) is 2.21. The van der Waals surface area contributed by atoms with E-state index in [2.05, 4.69) is 11.0 Å². The van der Waals surface area contributed by atoms with Crippen molar-refractivity contribution in [1.82, 2.24) is 4.90 Å². The topological polar surface area (TPSA) is 71.5 Å². The van der Waals surface area contributed by atoms with Gasteiger partial charge in [0.1, 0.15) is 5.54 Å². The Morgan fingerprint density at radius 3 is 2.44 bits per heavy atom. The molecule has 0 aliphatic heterocycles. The second-order valence-corrected chi connectivity index (χ2v) is 5.04. The van der Waals surface area contributed by atoms with Crippen LogP contribution in [-0.4, -0.2) is 57.5 Å². The minimum Gasteiger partial charge on any atom is -0.385 e. The second-order valence-electron chi connectivity index (χ2n) is 5.04. The summed E-state index contributed by atoms with van der Waals surface area (Å²) in [5.74, 6) is 0.370. The molecule has 104 valence electrons. The van der Waals surface area contributed by atoms with E-state index in [9.17, 15) is 5.26 Å². The number of nitrogens with two attached hydrogens (primary N) is 1. The van der Waals surface area contributed by atoms with Crippen molar-refractivity contribution in [3.05, 3.63) is 0 Å². The molecule has 1 saturated carbocycles. The van der Waals surface area contributed by atoms with Gasteiger partial charge in [-0.2, -0.15) is 5.26 Å². The number of methoxy groups -OCH3 is 2. The molecule has 0 radical (unpaired) electrons. The second kappa shape index (κ2) is 7.70. The summed E-state index contributed by atoms with van der Waals surface area (Å²) in [6.07, 6.45) is 3.12. The Hall–Kier alpha value is -0.670. The van der Waals surface area contributed by atoms with E-state index in [1.54, 1.807) is 14.2 Å². The number of nitrogens with zero attached hydrogens (tertiary/aromatic N) is 2. The lowest BCUT2D eigenvalue weighted by Crippen LogP contribution is -2.52. The maximum absolute atomic E-state index is 9.28. The van der Waals surface area contributed by atoms with E-state index < -0.39 is 5.54 Å². The maximum Gasteiger partial charge on any atom is 0.119 e. The summed E-state index contributed by atoms with van der Waals surface area (Å²) < 4.78 is 10.2. The number of nitriles is 1. The van der Waals surface area contributed by atoms with Crippen LogP contribution < -0.4 is 5.73 Å².